The fourth-order valence-electron chi connectivity index (χ4n) is 2.19. The van der Waals surface area contributed by atoms with Gasteiger partial charge >= 0.3 is 6.03 Å². The second kappa shape index (κ2) is 8.13. The first-order valence-corrected chi connectivity index (χ1v) is 8.62. The van der Waals surface area contributed by atoms with Gasteiger partial charge < -0.3 is 21.1 Å². The van der Waals surface area contributed by atoms with Crippen LogP contribution in [0.3, 0.4) is 0 Å². The number of nitrogens with zero attached hydrogens (tertiary/aromatic N) is 1. The van der Waals surface area contributed by atoms with Gasteiger partial charge in [-0.05, 0) is 42.5 Å². The van der Waals surface area contributed by atoms with E-state index in [0.717, 1.165) is 5.69 Å². The summed E-state index contributed by atoms with van der Waals surface area (Å²) < 4.78 is 5.62. The number of nitrogens with one attached hydrogen (secondary N) is 2. The Labute approximate surface area is 153 Å². The number of thiazole rings is 1. The molecule has 8 heteroatoms. The van der Waals surface area contributed by atoms with Crippen LogP contribution in [0.2, 0.25) is 0 Å². The molecule has 132 valence electrons. The Hall–Kier alpha value is -3.39. The molecule has 7 nitrogen and oxygen atoms in total. The van der Waals surface area contributed by atoms with Gasteiger partial charge in [0, 0.05) is 22.3 Å². The molecule has 3 amide bonds. The van der Waals surface area contributed by atoms with Crippen molar-refractivity contribution in [3.63, 3.8) is 0 Å². The van der Waals surface area contributed by atoms with Gasteiger partial charge in [-0.3, -0.25) is 4.79 Å². The fourth-order valence-corrected chi connectivity index (χ4v) is 2.73. The number of anilines is 2. The van der Waals surface area contributed by atoms with E-state index >= 15 is 0 Å². The number of primary amides is 1. The summed E-state index contributed by atoms with van der Waals surface area (Å²) in [6, 6.07) is 12.9. The van der Waals surface area contributed by atoms with Crippen LogP contribution in [0.5, 0.6) is 5.75 Å². The molecule has 0 bridgehead atoms. The summed E-state index contributed by atoms with van der Waals surface area (Å²) in [4.78, 5) is 27.4. The van der Waals surface area contributed by atoms with Gasteiger partial charge in [-0.25, -0.2) is 9.78 Å². The zero-order valence-corrected chi connectivity index (χ0v) is 14.5. The third-order valence-electron chi connectivity index (χ3n) is 3.37. The maximum atomic E-state index is 12.3. The van der Waals surface area contributed by atoms with Crippen LogP contribution in [0.1, 0.15) is 16.1 Å². The van der Waals surface area contributed by atoms with Crippen molar-refractivity contribution in [1.82, 2.24) is 4.98 Å². The van der Waals surface area contributed by atoms with Crippen LogP contribution in [0.15, 0.2) is 59.4 Å². The monoisotopic (exact) mass is 368 g/mol. The van der Waals surface area contributed by atoms with E-state index in [1.807, 2.05) is 5.38 Å². The number of carbonyl (C=O) groups excluding carboxylic acids is 2. The summed E-state index contributed by atoms with van der Waals surface area (Å²) in [5.41, 5.74) is 9.23. The molecule has 26 heavy (non-hydrogen) atoms. The number of hydrogen-bond acceptors (Lipinski definition) is 5. The van der Waals surface area contributed by atoms with Gasteiger partial charge in [-0.15, -0.1) is 11.3 Å². The minimum atomic E-state index is -0.665. The van der Waals surface area contributed by atoms with E-state index in [4.69, 9.17) is 10.5 Å². The highest BCUT2D eigenvalue weighted by Crippen LogP contribution is 2.18. The SMILES string of the molecule is NC(=O)Nc1cccc(NC(=O)c2ccc(OCc3cscn3)cc2)c1. The van der Waals surface area contributed by atoms with Crippen molar-refractivity contribution in [2.75, 3.05) is 10.6 Å². The number of benzene rings is 2. The summed E-state index contributed by atoms with van der Waals surface area (Å²) in [6.45, 7) is 0.384. The second-order valence-electron chi connectivity index (χ2n) is 5.32. The highest BCUT2D eigenvalue weighted by molar-refractivity contribution is 7.07. The Bertz CT molecular complexity index is 895. The van der Waals surface area contributed by atoms with Gasteiger partial charge in [0.25, 0.3) is 5.91 Å². The lowest BCUT2D eigenvalue weighted by Crippen LogP contribution is -2.19. The first-order valence-electron chi connectivity index (χ1n) is 7.68. The zero-order valence-electron chi connectivity index (χ0n) is 13.6. The van der Waals surface area contributed by atoms with E-state index < -0.39 is 6.03 Å². The lowest BCUT2D eigenvalue weighted by molar-refractivity contribution is 0.102. The van der Waals surface area contributed by atoms with Gasteiger partial charge in [0.2, 0.25) is 0 Å². The van der Waals surface area contributed by atoms with Crippen molar-refractivity contribution in [1.29, 1.82) is 0 Å². The standard InChI is InChI=1S/C18H16N4O3S/c19-18(24)22-14-3-1-2-13(8-14)21-17(23)12-4-6-16(7-5-12)25-9-15-10-26-11-20-15/h1-8,10-11H,9H2,(H,21,23)(H3,19,22,24). The molecular formula is C18H16N4O3S. The average Bonchev–Trinajstić information content (AvgIpc) is 3.14. The van der Waals surface area contributed by atoms with Gasteiger partial charge in [-0.2, -0.15) is 0 Å². The summed E-state index contributed by atoms with van der Waals surface area (Å²) in [7, 11) is 0. The van der Waals surface area contributed by atoms with E-state index in [2.05, 4.69) is 15.6 Å². The first kappa shape index (κ1) is 17.4. The van der Waals surface area contributed by atoms with Crippen molar-refractivity contribution in [2.45, 2.75) is 6.61 Å². The summed E-state index contributed by atoms with van der Waals surface area (Å²) in [5.74, 6) is 0.384. The van der Waals surface area contributed by atoms with E-state index in [0.29, 0.717) is 29.3 Å². The first-order chi connectivity index (χ1) is 12.6. The summed E-state index contributed by atoms with van der Waals surface area (Å²) in [6.07, 6.45) is 0. The van der Waals surface area contributed by atoms with Crippen molar-refractivity contribution in [3.05, 3.63) is 70.7 Å². The Morgan fingerprint density at radius 3 is 2.46 bits per heavy atom. The highest BCUT2D eigenvalue weighted by atomic mass is 32.1. The number of hydrogen-bond donors (Lipinski definition) is 3. The minimum absolute atomic E-state index is 0.271. The van der Waals surface area contributed by atoms with Gasteiger partial charge in [0.15, 0.2) is 0 Å². The number of nitrogens with two attached hydrogens (primary N) is 1. The minimum Gasteiger partial charge on any atom is -0.487 e. The highest BCUT2D eigenvalue weighted by Gasteiger charge is 2.07. The Morgan fingerprint density at radius 2 is 1.81 bits per heavy atom. The van der Waals surface area contributed by atoms with Gasteiger partial charge in [0.05, 0.1) is 11.2 Å². The van der Waals surface area contributed by atoms with Crippen LogP contribution in [0, 0.1) is 0 Å². The number of rotatable bonds is 6. The van der Waals surface area contributed by atoms with E-state index in [-0.39, 0.29) is 5.91 Å². The Kier molecular flexibility index (Phi) is 5.45. The fraction of sp³-hybridized carbons (Fsp3) is 0.0556. The van der Waals surface area contributed by atoms with Crippen molar-refractivity contribution in [3.8, 4) is 5.75 Å². The van der Waals surface area contributed by atoms with Crippen LogP contribution in [0.4, 0.5) is 16.2 Å². The van der Waals surface area contributed by atoms with Crippen LogP contribution < -0.4 is 21.1 Å². The molecule has 0 unspecified atom stereocenters. The second-order valence-corrected chi connectivity index (χ2v) is 6.04. The molecule has 0 saturated heterocycles. The molecule has 0 atom stereocenters. The van der Waals surface area contributed by atoms with Gasteiger partial charge in [-0.1, -0.05) is 6.07 Å². The van der Waals surface area contributed by atoms with E-state index in [1.54, 1.807) is 54.0 Å². The van der Waals surface area contributed by atoms with Crippen LogP contribution >= 0.6 is 11.3 Å². The summed E-state index contributed by atoms with van der Waals surface area (Å²) >= 11 is 1.51. The smallest absolute Gasteiger partial charge is 0.316 e. The lowest BCUT2D eigenvalue weighted by atomic mass is 10.2. The largest absolute Gasteiger partial charge is 0.487 e. The molecule has 0 aliphatic heterocycles. The molecule has 4 N–H and O–H groups in total. The van der Waals surface area contributed by atoms with Gasteiger partial charge in [0.1, 0.15) is 12.4 Å². The normalized spacial score (nSPS) is 10.2. The molecular weight excluding hydrogens is 352 g/mol. The lowest BCUT2D eigenvalue weighted by Gasteiger charge is -2.09. The third kappa shape index (κ3) is 4.81. The molecule has 3 aromatic rings. The summed E-state index contributed by atoms with van der Waals surface area (Å²) in [5, 5.41) is 7.14. The number of carbonyl (C=O) groups is 2. The molecule has 0 aliphatic rings. The molecule has 3 rings (SSSR count). The maximum absolute atomic E-state index is 12.3. The molecule has 0 saturated carbocycles. The van der Waals surface area contributed by atoms with Crippen LogP contribution in [-0.2, 0) is 6.61 Å². The zero-order chi connectivity index (χ0) is 18.4. The average molecular weight is 368 g/mol. The Morgan fingerprint density at radius 1 is 1.08 bits per heavy atom. The molecule has 0 fully saturated rings. The topological polar surface area (TPSA) is 106 Å². The van der Waals surface area contributed by atoms with Crippen molar-refractivity contribution in [2.24, 2.45) is 5.73 Å². The number of amides is 3. The molecule has 0 radical (unpaired) electrons. The number of ether oxygens (including phenoxy) is 1. The molecule has 1 aromatic heterocycles. The maximum Gasteiger partial charge on any atom is 0.316 e. The number of aromatic nitrogens is 1. The molecule has 2 aromatic carbocycles. The third-order valence-corrected chi connectivity index (χ3v) is 4.01. The molecule has 0 aliphatic carbocycles. The van der Waals surface area contributed by atoms with Crippen molar-refractivity contribution < 1.29 is 14.3 Å². The number of urea groups is 1. The predicted octanol–water partition coefficient (Wildman–Crippen LogP) is 3.47. The van der Waals surface area contributed by atoms with E-state index in [9.17, 15) is 9.59 Å². The quantitative estimate of drug-likeness (QED) is 0.619. The van der Waals surface area contributed by atoms with Crippen LogP contribution in [-0.4, -0.2) is 16.9 Å². The predicted molar refractivity (Wildman–Crippen MR) is 100 cm³/mol. The van der Waals surface area contributed by atoms with E-state index in [1.165, 1.54) is 11.3 Å². The van der Waals surface area contributed by atoms with Crippen molar-refractivity contribution >= 4 is 34.6 Å². The van der Waals surface area contributed by atoms with Crippen LogP contribution in [0.25, 0.3) is 0 Å². The molecule has 1 heterocycles. The Balaban J connectivity index is 1.60. The molecule has 0 spiro atoms.